The van der Waals surface area contributed by atoms with E-state index >= 15 is 0 Å². The summed E-state index contributed by atoms with van der Waals surface area (Å²) in [5, 5.41) is 15.7. The minimum atomic E-state index is -1.12. The molecule has 0 spiro atoms. The molecule has 1 aromatic heterocycles. The summed E-state index contributed by atoms with van der Waals surface area (Å²) < 4.78 is 1.99. The highest BCUT2D eigenvalue weighted by Crippen LogP contribution is 2.30. The number of fused-ring (bicyclic) bond motifs is 1. The average Bonchev–Trinajstić information content (AvgIpc) is 2.72. The molecule has 180 valence electrons. The number of urea groups is 1. The molecule has 3 aromatic rings. The van der Waals surface area contributed by atoms with Gasteiger partial charge in [-0.15, -0.1) is 0 Å². The summed E-state index contributed by atoms with van der Waals surface area (Å²) in [7, 11) is 0. The maximum Gasteiger partial charge on any atom is 0.408 e. The fourth-order valence-electron chi connectivity index (χ4n) is 3.94. The number of halogens is 1. The third-order valence-corrected chi connectivity index (χ3v) is 5.92. The fourth-order valence-corrected chi connectivity index (χ4v) is 4.47. The number of aromatic nitrogens is 2. The number of carbonyl (C=O) groups is 2. The average molecular weight is 530 g/mol. The number of benzene rings is 2. The van der Waals surface area contributed by atoms with Crippen LogP contribution in [0.15, 0.2) is 51.7 Å². The lowest BCUT2D eigenvalue weighted by atomic mass is 10.0. The molecule has 0 radical (unpaired) electrons. The summed E-state index contributed by atoms with van der Waals surface area (Å²) in [6.45, 7) is 9.34. The number of nitrogens with zero attached hydrogens (tertiary/aromatic N) is 3. The number of nitrogens with one attached hydrogen (secondary N) is 2. The predicted octanol–water partition coefficient (Wildman–Crippen LogP) is 5.13. The van der Waals surface area contributed by atoms with E-state index < -0.39 is 17.7 Å². The normalized spacial score (nSPS) is 12.3. The van der Waals surface area contributed by atoms with Crippen LogP contribution in [-0.4, -0.2) is 43.8 Å². The van der Waals surface area contributed by atoms with Gasteiger partial charge in [0.15, 0.2) is 0 Å². The molecule has 10 heteroatoms. The number of anilines is 1. The van der Waals surface area contributed by atoms with E-state index in [4.69, 9.17) is 4.98 Å². The summed E-state index contributed by atoms with van der Waals surface area (Å²) in [4.78, 5) is 44.0. The van der Waals surface area contributed by atoms with E-state index in [0.29, 0.717) is 33.3 Å². The lowest BCUT2D eigenvalue weighted by Gasteiger charge is -2.38. The molecule has 0 unspecified atom stereocenters. The van der Waals surface area contributed by atoms with Gasteiger partial charge in [-0.25, -0.2) is 14.6 Å². The third-order valence-electron chi connectivity index (χ3n) is 5.26. The summed E-state index contributed by atoms with van der Waals surface area (Å²) >= 11 is 3.44. The number of amides is 3. The second-order valence-corrected chi connectivity index (χ2v) is 9.63. The van der Waals surface area contributed by atoms with Gasteiger partial charge in [0.2, 0.25) is 0 Å². The Hall–Kier alpha value is -3.40. The minimum absolute atomic E-state index is 0.267. The third kappa shape index (κ3) is 5.06. The highest BCUT2D eigenvalue weighted by atomic mass is 79.9. The van der Waals surface area contributed by atoms with Crippen LogP contribution in [0.4, 0.5) is 15.3 Å². The van der Waals surface area contributed by atoms with Gasteiger partial charge >= 0.3 is 12.1 Å². The van der Waals surface area contributed by atoms with Crippen LogP contribution in [-0.2, 0) is 0 Å². The number of carboxylic acid groups (broad SMARTS) is 1. The van der Waals surface area contributed by atoms with Crippen molar-refractivity contribution < 1.29 is 14.7 Å². The van der Waals surface area contributed by atoms with E-state index in [2.05, 4.69) is 26.6 Å². The van der Waals surface area contributed by atoms with Gasteiger partial charge in [-0.2, -0.15) is 0 Å². The molecule has 0 saturated carbocycles. The zero-order valence-corrected chi connectivity index (χ0v) is 21.3. The van der Waals surface area contributed by atoms with Crippen LogP contribution in [0.1, 0.15) is 46.5 Å². The molecule has 3 rings (SSSR count). The first-order valence-electron chi connectivity index (χ1n) is 10.8. The molecule has 0 fully saturated rings. The van der Waals surface area contributed by atoms with Crippen LogP contribution in [0, 0.1) is 0 Å². The number of rotatable bonds is 5. The zero-order chi connectivity index (χ0) is 25.2. The SMILES string of the molecule is CCNC(=O)Nc1cccc(-n2c([C@H](C)N(C(=O)O)C(C)(C)C)nc3cccc(Br)c3c2=O)c1. The largest absolute Gasteiger partial charge is 0.465 e. The molecule has 0 aliphatic heterocycles. The molecule has 1 heterocycles. The molecule has 9 nitrogen and oxygen atoms in total. The maximum atomic E-state index is 13.8. The Balaban J connectivity index is 2.30. The molecule has 0 aliphatic carbocycles. The van der Waals surface area contributed by atoms with Crippen LogP contribution < -0.4 is 16.2 Å². The number of carbonyl (C=O) groups excluding carboxylic acids is 1. The van der Waals surface area contributed by atoms with Crippen molar-refractivity contribution >= 4 is 44.6 Å². The number of hydrogen-bond acceptors (Lipinski definition) is 4. The second kappa shape index (κ2) is 9.84. The zero-order valence-electron chi connectivity index (χ0n) is 19.7. The summed E-state index contributed by atoms with van der Waals surface area (Å²) in [6, 6.07) is 10.9. The molecular formula is C24H28BrN5O4. The summed E-state index contributed by atoms with van der Waals surface area (Å²) in [6.07, 6.45) is -1.12. The van der Waals surface area contributed by atoms with Gasteiger partial charge in [0.1, 0.15) is 5.82 Å². The summed E-state index contributed by atoms with van der Waals surface area (Å²) in [5.41, 5.74) is 0.279. The van der Waals surface area contributed by atoms with Gasteiger partial charge < -0.3 is 15.7 Å². The molecule has 2 aromatic carbocycles. The minimum Gasteiger partial charge on any atom is -0.465 e. The van der Waals surface area contributed by atoms with Crippen LogP contribution >= 0.6 is 15.9 Å². The van der Waals surface area contributed by atoms with Gasteiger partial charge in [0, 0.05) is 22.2 Å². The first kappa shape index (κ1) is 25.2. The van der Waals surface area contributed by atoms with Crippen LogP contribution in [0.5, 0.6) is 0 Å². The molecule has 1 atom stereocenters. The van der Waals surface area contributed by atoms with Crippen molar-refractivity contribution in [1.29, 1.82) is 0 Å². The van der Waals surface area contributed by atoms with Crippen molar-refractivity contribution in [3.63, 3.8) is 0 Å². The fraction of sp³-hybridized carbons (Fsp3) is 0.333. The van der Waals surface area contributed by atoms with E-state index in [1.54, 1.807) is 70.2 Å². The predicted molar refractivity (Wildman–Crippen MR) is 136 cm³/mol. The highest BCUT2D eigenvalue weighted by molar-refractivity contribution is 9.10. The first-order chi connectivity index (χ1) is 16.0. The Morgan fingerprint density at radius 1 is 1.21 bits per heavy atom. The van der Waals surface area contributed by atoms with Crippen molar-refractivity contribution in [2.75, 3.05) is 11.9 Å². The van der Waals surface area contributed by atoms with E-state index in [1.807, 2.05) is 6.92 Å². The Morgan fingerprint density at radius 3 is 2.50 bits per heavy atom. The van der Waals surface area contributed by atoms with Crippen molar-refractivity contribution in [1.82, 2.24) is 19.8 Å². The topological polar surface area (TPSA) is 117 Å². The Bertz CT molecular complexity index is 1300. The molecule has 0 bridgehead atoms. The lowest BCUT2D eigenvalue weighted by molar-refractivity contribution is 0.0719. The van der Waals surface area contributed by atoms with Crippen molar-refractivity contribution in [3.05, 3.63) is 63.1 Å². The van der Waals surface area contributed by atoms with Gasteiger partial charge in [-0.1, -0.05) is 12.1 Å². The Labute approximate surface area is 205 Å². The Kier molecular flexibility index (Phi) is 7.30. The standard InChI is InChI=1S/C24H28BrN5O4/c1-6-26-22(32)27-15-9-7-10-16(13-15)29-20(14(2)30(23(33)34)24(3,4)5)28-18-12-8-11-17(25)19(18)21(29)31/h7-14H,6H2,1-5H3,(H,33,34)(H2,26,27,32)/t14-/m0/s1. The molecule has 3 amide bonds. The van der Waals surface area contributed by atoms with Crippen molar-refractivity contribution in [2.24, 2.45) is 0 Å². The highest BCUT2D eigenvalue weighted by Gasteiger charge is 2.34. The molecule has 3 N–H and O–H groups in total. The lowest BCUT2D eigenvalue weighted by Crippen LogP contribution is -2.47. The van der Waals surface area contributed by atoms with Crippen molar-refractivity contribution in [2.45, 2.75) is 46.2 Å². The van der Waals surface area contributed by atoms with Gasteiger partial charge in [-0.3, -0.25) is 14.3 Å². The van der Waals surface area contributed by atoms with Crippen molar-refractivity contribution in [3.8, 4) is 5.69 Å². The maximum absolute atomic E-state index is 13.8. The first-order valence-corrected chi connectivity index (χ1v) is 11.6. The monoisotopic (exact) mass is 529 g/mol. The van der Waals surface area contributed by atoms with E-state index in [0.717, 1.165) is 0 Å². The Morgan fingerprint density at radius 2 is 1.88 bits per heavy atom. The van der Waals surface area contributed by atoms with Gasteiger partial charge in [0.05, 0.1) is 22.6 Å². The van der Waals surface area contributed by atoms with Gasteiger partial charge in [-0.05, 0) is 80.9 Å². The summed E-state index contributed by atoms with van der Waals surface area (Å²) in [5.74, 6) is 0.267. The smallest absolute Gasteiger partial charge is 0.408 e. The van der Waals surface area contributed by atoms with E-state index in [1.165, 1.54) is 9.47 Å². The quantitative estimate of drug-likeness (QED) is 0.423. The molecular weight excluding hydrogens is 502 g/mol. The van der Waals surface area contributed by atoms with Crippen LogP contribution in [0.3, 0.4) is 0 Å². The number of hydrogen-bond donors (Lipinski definition) is 3. The van der Waals surface area contributed by atoms with Crippen LogP contribution in [0.2, 0.25) is 0 Å². The van der Waals surface area contributed by atoms with Gasteiger partial charge in [0.25, 0.3) is 5.56 Å². The molecule has 0 aliphatic rings. The van der Waals surface area contributed by atoms with Crippen LogP contribution in [0.25, 0.3) is 16.6 Å². The molecule has 34 heavy (non-hydrogen) atoms. The molecule has 0 saturated heterocycles. The second-order valence-electron chi connectivity index (χ2n) is 8.78. The van der Waals surface area contributed by atoms with E-state index in [9.17, 15) is 19.5 Å². The van der Waals surface area contributed by atoms with E-state index in [-0.39, 0.29) is 17.4 Å².